The van der Waals surface area contributed by atoms with E-state index in [-0.39, 0.29) is 18.5 Å². The zero-order chi connectivity index (χ0) is 8.10. The third-order valence-electron chi connectivity index (χ3n) is 1.58. The molecule has 1 aromatic rings. The Bertz CT molecular complexity index is 203. The summed E-state index contributed by atoms with van der Waals surface area (Å²) in [7, 11) is 1.83. The minimum atomic E-state index is -0.388. The van der Waals surface area contributed by atoms with Gasteiger partial charge in [0.25, 0.3) is 0 Å². The first-order chi connectivity index (χ1) is 5.34. The van der Waals surface area contributed by atoms with Crippen LogP contribution < -0.4 is 5.32 Å². The smallest absolute Gasteiger partial charge is 0.0914 e. The Balaban J connectivity index is 0.00000121. The van der Waals surface area contributed by atoms with Crippen molar-refractivity contribution in [1.82, 2.24) is 5.32 Å². The van der Waals surface area contributed by atoms with Crippen molar-refractivity contribution in [1.29, 1.82) is 0 Å². The maximum atomic E-state index is 9.46. The van der Waals surface area contributed by atoms with Crippen LogP contribution in [-0.2, 0) is 0 Å². The molecule has 0 radical (unpaired) electrons. The van der Waals surface area contributed by atoms with E-state index in [1.54, 1.807) is 0 Å². The van der Waals surface area contributed by atoms with Crippen LogP contribution >= 0.6 is 12.4 Å². The number of likely N-dealkylation sites (N-methyl/N-ethyl adjacent to an activating group) is 1. The van der Waals surface area contributed by atoms with E-state index in [0.29, 0.717) is 6.54 Å². The van der Waals surface area contributed by atoms with Crippen molar-refractivity contribution in [3.63, 3.8) is 0 Å². The summed E-state index contributed by atoms with van der Waals surface area (Å²) in [5.74, 6) is 0. The molecule has 0 aliphatic carbocycles. The van der Waals surface area contributed by atoms with Gasteiger partial charge in [-0.15, -0.1) is 12.4 Å². The van der Waals surface area contributed by atoms with Crippen molar-refractivity contribution in [3.8, 4) is 0 Å². The number of hydrogen-bond donors (Lipinski definition) is 2. The maximum absolute atomic E-state index is 9.46. The standard InChI is InChI=1S/C9H13NO.ClH/c1-10-7-9(11)8-5-3-2-4-6-8;/h2-6,9-11H,7H2,1H3;1H. The molecule has 0 aliphatic heterocycles. The minimum Gasteiger partial charge on any atom is -0.387 e. The van der Waals surface area contributed by atoms with Crippen LogP contribution in [0, 0.1) is 0 Å². The Morgan fingerprint density at radius 3 is 2.42 bits per heavy atom. The Morgan fingerprint density at radius 1 is 1.33 bits per heavy atom. The lowest BCUT2D eigenvalue weighted by Gasteiger charge is -2.08. The van der Waals surface area contributed by atoms with Crippen LogP contribution in [0.15, 0.2) is 30.3 Å². The molecule has 68 valence electrons. The second kappa shape index (κ2) is 6.00. The summed E-state index contributed by atoms with van der Waals surface area (Å²) in [5.41, 5.74) is 0.960. The van der Waals surface area contributed by atoms with Gasteiger partial charge < -0.3 is 10.4 Å². The number of aliphatic hydroxyl groups excluding tert-OH is 1. The summed E-state index contributed by atoms with van der Waals surface area (Å²) in [6, 6.07) is 9.63. The molecule has 1 aromatic carbocycles. The number of hydrogen-bond acceptors (Lipinski definition) is 2. The summed E-state index contributed by atoms with van der Waals surface area (Å²) in [6.45, 7) is 0.601. The Morgan fingerprint density at radius 2 is 1.92 bits per heavy atom. The zero-order valence-corrected chi connectivity index (χ0v) is 7.84. The number of halogens is 1. The van der Waals surface area contributed by atoms with Crippen molar-refractivity contribution >= 4 is 12.4 Å². The molecule has 12 heavy (non-hydrogen) atoms. The quantitative estimate of drug-likeness (QED) is 0.749. The molecular formula is C9H14ClNO. The fourth-order valence-electron chi connectivity index (χ4n) is 0.986. The summed E-state index contributed by atoms with van der Waals surface area (Å²) < 4.78 is 0. The van der Waals surface area contributed by atoms with Gasteiger partial charge in [-0.2, -0.15) is 0 Å². The lowest BCUT2D eigenvalue weighted by atomic mass is 10.1. The predicted molar refractivity (Wildman–Crippen MR) is 52.6 cm³/mol. The summed E-state index contributed by atoms with van der Waals surface area (Å²) in [4.78, 5) is 0. The molecule has 0 saturated heterocycles. The Labute approximate surface area is 79.0 Å². The van der Waals surface area contributed by atoms with Gasteiger partial charge in [0.05, 0.1) is 6.10 Å². The minimum absolute atomic E-state index is 0. The normalized spacial score (nSPS) is 11.8. The topological polar surface area (TPSA) is 32.3 Å². The number of benzene rings is 1. The molecule has 0 amide bonds. The van der Waals surface area contributed by atoms with E-state index in [1.165, 1.54) is 0 Å². The second-order valence-electron chi connectivity index (χ2n) is 2.48. The first-order valence-electron chi connectivity index (χ1n) is 3.72. The number of rotatable bonds is 3. The highest BCUT2D eigenvalue weighted by atomic mass is 35.5. The number of aliphatic hydroxyl groups is 1. The summed E-state index contributed by atoms with van der Waals surface area (Å²) in [5, 5.41) is 12.4. The van der Waals surface area contributed by atoms with Gasteiger partial charge in [0.2, 0.25) is 0 Å². The predicted octanol–water partition coefficient (Wildman–Crippen LogP) is 1.36. The lowest BCUT2D eigenvalue weighted by molar-refractivity contribution is 0.178. The van der Waals surface area contributed by atoms with Gasteiger partial charge in [-0.05, 0) is 12.6 Å². The lowest BCUT2D eigenvalue weighted by Crippen LogP contribution is -2.16. The van der Waals surface area contributed by atoms with Crippen LogP contribution in [0.5, 0.6) is 0 Å². The molecule has 0 aromatic heterocycles. The first kappa shape index (κ1) is 11.4. The van der Waals surface area contributed by atoms with Crippen LogP contribution in [0.1, 0.15) is 11.7 Å². The molecule has 0 fully saturated rings. The summed E-state index contributed by atoms with van der Waals surface area (Å²) >= 11 is 0. The molecule has 0 heterocycles. The van der Waals surface area contributed by atoms with E-state index < -0.39 is 0 Å². The molecule has 1 atom stereocenters. The zero-order valence-electron chi connectivity index (χ0n) is 7.03. The Hall–Kier alpha value is -0.570. The van der Waals surface area contributed by atoms with Gasteiger partial charge in [-0.25, -0.2) is 0 Å². The number of nitrogens with one attached hydrogen (secondary N) is 1. The highest BCUT2D eigenvalue weighted by molar-refractivity contribution is 5.85. The van der Waals surface area contributed by atoms with E-state index in [1.807, 2.05) is 37.4 Å². The van der Waals surface area contributed by atoms with E-state index in [4.69, 9.17) is 0 Å². The van der Waals surface area contributed by atoms with Crippen molar-refractivity contribution < 1.29 is 5.11 Å². The largest absolute Gasteiger partial charge is 0.387 e. The SMILES string of the molecule is CNCC(O)c1ccccc1.Cl. The van der Waals surface area contributed by atoms with Gasteiger partial charge in [-0.1, -0.05) is 30.3 Å². The second-order valence-corrected chi connectivity index (χ2v) is 2.48. The van der Waals surface area contributed by atoms with Crippen LogP contribution in [-0.4, -0.2) is 18.7 Å². The van der Waals surface area contributed by atoms with E-state index in [0.717, 1.165) is 5.56 Å². The molecule has 1 rings (SSSR count). The maximum Gasteiger partial charge on any atom is 0.0914 e. The highest BCUT2D eigenvalue weighted by Crippen LogP contribution is 2.09. The average molecular weight is 188 g/mol. The van der Waals surface area contributed by atoms with Crippen LogP contribution in [0.4, 0.5) is 0 Å². The monoisotopic (exact) mass is 187 g/mol. The molecule has 0 aliphatic rings. The third kappa shape index (κ3) is 3.22. The van der Waals surface area contributed by atoms with Gasteiger partial charge in [0.1, 0.15) is 0 Å². The average Bonchev–Trinajstić information content (AvgIpc) is 2.07. The molecular weight excluding hydrogens is 174 g/mol. The van der Waals surface area contributed by atoms with Crippen LogP contribution in [0.25, 0.3) is 0 Å². The van der Waals surface area contributed by atoms with E-state index >= 15 is 0 Å². The third-order valence-corrected chi connectivity index (χ3v) is 1.58. The molecule has 2 nitrogen and oxygen atoms in total. The molecule has 0 spiro atoms. The first-order valence-corrected chi connectivity index (χ1v) is 3.72. The van der Waals surface area contributed by atoms with Gasteiger partial charge in [-0.3, -0.25) is 0 Å². The molecule has 0 saturated carbocycles. The van der Waals surface area contributed by atoms with Crippen molar-refractivity contribution in [3.05, 3.63) is 35.9 Å². The van der Waals surface area contributed by atoms with E-state index in [9.17, 15) is 5.11 Å². The van der Waals surface area contributed by atoms with Crippen molar-refractivity contribution in [2.75, 3.05) is 13.6 Å². The highest BCUT2D eigenvalue weighted by Gasteiger charge is 2.03. The van der Waals surface area contributed by atoms with Crippen LogP contribution in [0.3, 0.4) is 0 Å². The fourth-order valence-corrected chi connectivity index (χ4v) is 0.986. The van der Waals surface area contributed by atoms with Gasteiger partial charge >= 0.3 is 0 Å². The van der Waals surface area contributed by atoms with Crippen molar-refractivity contribution in [2.45, 2.75) is 6.10 Å². The van der Waals surface area contributed by atoms with Crippen LogP contribution in [0.2, 0.25) is 0 Å². The molecule has 2 N–H and O–H groups in total. The van der Waals surface area contributed by atoms with Gasteiger partial charge in [0, 0.05) is 6.54 Å². The Kier molecular flexibility index (Phi) is 5.72. The van der Waals surface area contributed by atoms with Gasteiger partial charge in [0.15, 0.2) is 0 Å². The molecule has 1 unspecified atom stereocenters. The molecule has 0 bridgehead atoms. The summed E-state index contributed by atoms with van der Waals surface area (Å²) in [6.07, 6.45) is -0.388. The molecule has 3 heteroatoms. The van der Waals surface area contributed by atoms with Crippen molar-refractivity contribution in [2.24, 2.45) is 0 Å². The van der Waals surface area contributed by atoms with E-state index in [2.05, 4.69) is 5.32 Å². The fraction of sp³-hybridized carbons (Fsp3) is 0.333.